The van der Waals surface area contributed by atoms with Crippen molar-refractivity contribution in [2.75, 3.05) is 6.61 Å². The number of amides is 1. The lowest BCUT2D eigenvalue weighted by Crippen LogP contribution is -2.57. The first-order valence-electron chi connectivity index (χ1n) is 18.2. The van der Waals surface area contributed by atoms with Crippen LogP contribution in [0, 0.1) is 0 Å². The summed E-state index contributed by atoms with van der Waals surface area (Å²) in [5.41, 5.74) is 2.74. The minimum atomic E-state index is -1.80. The number of rotatable bonds is 14. The molecule has 0 unspecified atom stereocenters. The van der Waals surface area contributed by atoms with Gasteiger partial charge in [-0.15, -0.1) is 0 Å². The van der Waals surface area contributed by atoms with E-state index in [0.717, 1.165) is 36.1 Å². The zero-order chi connectivity index (χ0) is 36.0. The van der Waals surface area contributed by atoms with Gasteiger partial charge >= 0.3 is 12.1 Å². The summed E-state index contributed by atoms with van der Waals surface area (Å²) in [6.07, 6.45) is 1.98. The standard InChI is InChI=1S/C43H55NO4Si2/c1-42(2,3)48-40(45)43(28-18-30-49(4,5)33-20-10-8-11-21-33,29-19-31-50(6,7)34-22-12-9-13-23-34)44-41(46)47-32-39-37-26-16-14-24-35(37)36-25-15-17-27-38(36)39/h8-17,20-27,39H,18-19,28-32H2,1-7H3,(H,44,46). The Hall–Kier alpha value is -3.95. The smallest absolute Gasteiger partial charge is 0.408 e. The third-order valence-corrected chi connectivity index (χ3v) is 17.4. The second-order valence-electron chi connectivity index (χ2n) is 16.2. The van der Waals surface area contributed by atoms with Gasteiger partial charge in [0, 0.05) is 5.92 Å². The number of carbonyl (C=O) groups is 2. The van der Waals surface area contributed by atoms with Crippen molar-refractivity contribution >= 4 is 38.6 Å². The predicted molar refractivity (Wildman–Crippen MR) is 212 cm³/mol. The Kier molecular flexibility index (Phi) is 11.6. The van der Waals surface area contributed by atoms with Crippen LogP contribution in [0.25, 0.3) is 11.1 Å². The molecule has 0 heterocycles. The lowest BCUT2D eigenvalue weighted by Gasteiger charge is -2.36. The Balaban J connectivity index is 1.39. The summed E-state index contributed by atoms with van der Waals surface area (Å²) in [5, 5.41) is 5.96. The average Bonchev–Trinajstić information content (AvgIpc) is 3.40. The van der Waals surface area contributed by atoms with Crippen LogP contribution in [0.4, 0.5) is 4.79 Å². The third kappa shape index (κ3) is 9.04. The molecule has 4 aromatic rings. The minimum absolute atomic E-state index is 0.0700. The molecule has 1 amide bonds. The summed E-state index contributed by atoms with van der Waals surface area (Å²) in [6.45, 7) is 15.4. The summed E-state index contributed by atoms with van der Waals surface area (Å²) >= 11 is 0. The maximum Gasteiger partial charge on any atom is 0.408 e. The van der Waals surface area contributed by atoms with Gasteiger partial charge in [-0.05, 0) is 55.9 Å². The number of fused-ring (bicyclic) bond motifs is 3. The highest BCUT2D eigenvalue weighted by molar-refractivity contribution is 6.90. The average molecular weight is 706 g/mol. The van der Waals surface area contributed by atoms with Crippen LogP contribution in [-0.2, 0) is 14.3 Å². The number of nitrogens with one attached hydrogen (secondary N) is 1. The largest absolute Gasteiger partial charge is 0.458 e. The van der Waals surface area contributed by atoms with E-state index in [1.54, 1.807) is 0 Å². The first-order chi connectivity index (χ1) is 23.7. The molecule has 0 aliphatic heterocycles. The maximum absolute atomic E-state index is 14.4. The van der Waals surface area contributed by atoms with Crippen molar-refractivity contribution in [3.8, 4) is 11.1 Å². The van der Waals surface area contributed by atoms with Crippen LogP contribution >= 0.6 is 0 Å². The van der Waals surface area contributed by atoms with Gasteiger partial charge in [-0.2, -0.15) is 0 Å². The molecule has 0 atom stereocenters. The fourth-order valence-electron chi connectivity index (χ4n) is 7.44. The Labute approximate surface area is 301 Å². The molecule has 5 rings (SSSR count). The van der Waals surface area contributed by atoms with Crippen LogP contribution in [0.5, 0.6) is 0 Å². The molecule has 0 fully saturated rings. The Morgan fingerprint density at radius 3 is 1.50 bits per heavy atom. The van der Waals surface area contributed by atoms with E-state index < -0.39 is 33.4 Å². The Morgan fingerprint density at radius 2 is 1.06 bits per heavy atom. The molecule has 0 aromatic heterocycles. The van der Waals surface area contributed by atoms with Gasteiger partial charge in [-0.1, -0.05) is 171 Å². The third-order valence-electron chi connectivity index (χ3n) is 10.4. The van der Waals surface area contributed by atoms with Gasteiger partial charge < -0.3 is 14.8 Å². The highest BCUT2D eigenvalue weighted by Gasteiger charge is 2.44. The molecular formula is C43H55NO4Si2. The highest BCUT2D eigenvalue weighted by atomic mass is 28.3. The van der Waals surface area contributed by atoms with Crippen molar-refractivity contribution in [3.63, 3.8) is 0 Å². The molecule has 0 bridgehead atoms. The second-order valence-corrected chi connectivity index (χ2v) is 25.9. The second kappa shape index (κ2) is 15.5. The number of carbonyl (C=O) groups excluding carboxylic acids is 2. The zero-order valence-electron chi connectivity index (χ0n) is 31.1. The molecule has 7 heteroatoms. The van der Waals surface area contributed by atoms with Gasteiger partial charge in [-0.25, -0.2) is 9.59 Å². The molecule has 50 heavy (non-hydrogen) atoms. The highest BCUT2D eigenvalue weighted by Crippen LogP contribution is 2.44. The van der Waals surface area contributed by atoms with Gasteiger partial charge in [0.2, 0.25) is 0 Å². The monoisotopic (exact) mass is 705 g/mol. The molecule has 0 spiro atoms. The number of hydrogen-bond acceptors (Lipinski definition) is 4. The van der Waals surface area contributed by atoms with E-state index in [-0.39, 0.29) is 18.5 Å². The summed E-state index contributed by atoms with van der Waals surface area (Å²) in [5.74, 6) is -0.448. The molecule has 1 N–H and O–H groups in total. The van der Waals surface area contributed by atoms with Crippen molar-refractivity contribution in [1.29, 1.82) is 0 Å². The number of esters is 1. The maximum atomic E-state index is 14.4. The molecule has 4 aromatic carbocycles. The summed E-state index contributed by atoms with van der Waals surface area (Å²) < 4.78 is 12.2. The molecule has 1 aliphatic rings. The van der Waals surface area contributed by atoms with Crippen molar-refractivity contribution < 1.29 is 19.1 Å². The summed E-state index contributed by atoms with van der Waals surface area (Å²) in [6, 6.07) is 40.0. The van der Waals surface area contributed by atoms with E-state index in [9.17, 15) is 9.59 Å². The van der Waals surface area contributed by atoms with Crippen LogP contribution in [-0.4, -0.2) is 46.0 Å². The molecule has 0 radical (unpaired) electrons. The van der Waals surface area contributed by atoms with Crippen molar-refractivity contribution in [1.82, 2.24) is 5.32 Å². The number of alkyl carbamates (subject to hydrolysis) is 1. The fourth-order valence-corrected chi connectivity index (χ4v) is 12.3. The molecular weight excluding hydrogens is 651 g/mol. The normalized spacial score (nSPS) is 13.3. The zero-order valence-corrected chi connectivity index (χ0v) is 33.1. The van der Waals surface area contributed by atoms with Gasteiger partial charge in [0.25, 0.3) is 0 Å². The van der Waals surface area contributed by atoms with E-state index >= 15 is 0 Å². The van der Waals surface area contributed by atoms with E-state index in [1.165, 1.54) is 21.5 Å². The van der Waals surface area contributed by atoms with E-state index in [4.69, 9.17) is 9.47 Å². The Bertz CT molecular complexity index is 1640. The Morgan fingerprint density at radius 1 is 0.640 bits per heavy atom. The summed E-state index contributed by atoms with van der Waals surface area (Å²) in [4.78, 5) is 28.3. The van der Waals surface area contributed by atoms with Crippen LogP contribution in [0.2, 0.25) is 38.3 Å². The summed E-state index contributed by atoms with van der Waals surface area (Å²) in [7, 11) is -3.59. The van der Waals surface area contributed by atoms with E-state index in [1.807, 2.05) is 45.0 Å². The molecule has 264 valence electrons. The fraction of sp³-hybridized carbons (Fsp3) is 0.395. The van der Waals surface area contributed by atoms with E-state index in [0.29, 0.717) is 12.8 Å². The van der Waals surface area contributed by atoms with Crippen LogP contribution < -0.4 is 15.7 Å². The first kappa shape index (κ1) is 37.3. The van der Waals surface area contributed by atoms with Crippen LogP contribution in [0.3, 0.4) is 0 Å². The van der Waals surface area contributed by atoms with Gasteiger partial charge in [0.1, 0.15) is 17.7 Å². The molecule has 0 saturated carbocycles. The van der Waals surface area contributed by atoms with Crippen LogP contribution in [0.15, 0.2) is 109 Å². The lowest BCUT2D eigenvalue weighted by atomic mass is 9.88. The quantitative estimate of drug-likeness (QED) is 0.105. The van der Waals surface area contributed by atoms with Crippen molar-refractivity contribution in [2.24, 2.45) is 0 Å². The van der Waals surface area contributed by atoms with E-state index in [2.05, 4.69) is 116 Å². The minimum Gasteiger partial charge on any atom is -0.458 e. The first-order valence-corrected chi connectivity index (χ1v) is 24.6. The number of hydrogen-bond donors (Lipinski definition) is 1. The lowest BCUT2D eigenvalue weighted by molar-refractivity contribution is -0.164. The van der Waals surface area contributed by atoms with Gasteiger partial charge in [0.05, 0.1) is 16.1 Å². The number of benzene rings is 4. The van der Waals surface area contributed by atoms with Crippen molar-refractivity contribution in [3.05, 3.63) is 120 Å². The van der Waals surface area contributed by atoms with Crippen molar-refractivity contribution in [2.45, 2.75) is 102 Å². The number of ether oxygens (including phenoxy) is 2. The SMILES string of the molecule is CC(C)(C)OC(=O)C(CCC[Si](C)(C)c1ccccc1)(CCC[Si](C)(C)c1ccccc1)NC(=O)OCC1c2ccccc2-c2ccccc21. The van der Waals surface area contributed by atoms with Gasteiger partial charge in [-0.3, -0.25) is 0 Å². The molecule has 5 nitrogen and oxygen atoms in total. The molecule has 0 saturated heterocycles. The van der Waals surface area contributed by atoms with Crippen LogP contribution in [0.1, 0.15) is 63.5 Å². The topological polar surface area (TPSA) is 64.6 Å². The molecule has 1 aliphatic carbocycles. The van der Waals surface area contributed by atoms with Gasteiger partial charge in [0.15, 0.2) is 0 Å². The predicted octanol–water partition coefficient (Wildman–Crippen LogP) is 9.40.